The maximum Gasteiger partial charge on any atom is 0.130 e. The highest BCUT2D eigenvalue weighted by atomic mass is 19.1. The number of halogens is 1. The molecule has 20 heavy (non-hydrogen) atoms. The van der Waals surface area contributed by atoms with Gasteiger partial charge < -0.3 is 10.5 Å². The molecule has 0 radical (unpaired) electrons. The SMILES string of the molecule is Cc1ccc2c(c1)C(N)CC(c1cc(C)ccc1F)O2. The van der Waals surface area contributed by atoms with Crippen molar-refractivity contribution in [3.05, 3.63) is 64.5 Å². The molecule has 0 amide bonds. The summed E-state index contributed by atoms with van der Waals surface area (Å²) < 4.78 is 20.0. The van der Waals surface area contributed by atoms with E-state index >= 15 is 0 Å². The lowest BCUT2D eigenvalue weighted by Gasteiger charge is -2.31. The summed E-state index contributed by atoms with van der Waals surface area (Å²) in [5.74, 6) is 0.531. The second-order valence-corrected chi connectivity index (χ2v) is 5.51. The van der Waals surface area contributed by atoms with Gasteiger partial charge in [-0.25, -0.2) is 4.39 Å². The minimum absolute atomic E-state index is 0.122. The molecule has 2 atom stereocenters. The third-order valence-corrected chi connectivity index (χ3v) is 3.80. The lowest BCUT2D eigenvalue weighted by molar-refractivity contribution is 0.157. The summed E-state index contributed by atoms with van der Waals surface area (Å²) >= 11 is 0. The molecule has 2 unspecified atom stereocenters. The lowest BCUT2D eigenvalue weighted by Crippen LogP contribution is -2.24. The fourth-order valence-corrected chi connectivity index (χ4v) is 2.72. The minimum Gasteiger partial charge on any atom is -0.485 e. The van der Waals surface area contributed by atoms with E-state index in [2.05, 4.69) is 0 Å². The highest BCUT2D eigenvalue weighted by Gasteiger charge is 2.28. The predicted octanol–water partition coefficient (Wildman–Crippen LogP) is 3.97. The van der Waals surface area contributed by atoms with E-state index in [1.54, 1.807) is 6.07 Å². The molecule has 2 aromatic rings. The maximum atomic E-state index is 14.0. The zero-order valence-electron chi connectivity index (χ0n) is 11.7. The summed E-state index contributed by atoms with van der Waals surface area (Å²) in [7, 11) is 0. The van der Waals surface area contributed by atoms with Gasteiger partial charge in [-0.15, -0.1) is 0 Å². The van der Waals surface area contributed by atoms with Gasteiger partial charge in [0.15, 0.2) is 0 Å². The second-order valence-electron chi connectivity index (χ2n) is 5.51. The molecule has 2 aromatic carbocycles. The van der Waals surface area contributed by atoms with Crippen molar-refractivity contribution >= 4 is 0 Å². The number of nitrogens with two attached hydrogens (primary N) is 1. The van der Waals surface area contributed by atoms with Crippen LogP contribution in [0.1, 0.15) is 40.8 Å². The third-order valence-electron chi connectivity index (χ3n) is 3.80. The number of benzene rings is 2. The Balaban J connectivity index is 1.99. The first-order valence-corrected chi connectivity index (χ1v) is 6.83. The van der Waals surface area contributed by atoms with Crippen LogP contribution in [0.5, 0.6) is 5.75 Å². The fourth-order valence-electron chi connectivity index (χ4n) is 2.72. The molecule has 1 aliphatic heterocycles. The van der Waals surface area contributed by atoms with E-state index in [1.807, 2.05) is 38.1 Å². The van der Waals surface area contributed by atoms with Gasteiger partial charge in [0.1, 0.15) is 17.7 Å². The van der Waals surface area contributed by atoms with Crippen molar-refractivity contribution in [2.75, 3.05) is 0 Å². The summed E-state index contributed by atoms with van der Waals surface area (Å²) in [6.07, 6.45) is 0.275. The molecule has 0 aromatic heterocycles. The van der Waals surface area contributed by atoms with E-state index in [4.69, 9.17) is 10.5 Å². The number of hydrogen-bond acceptors (Lipinski definition) is 2. The van der Waals surface area contributed by atoms with Gasteiger partial charge in [-0.1, -0.05) is 29.3 Å². The molecular formula is C17H18FNO. The van der Waals surface area contributed by atoms with Crippen LogP contribution in [0.2, 0.25) is 0 Å². The number of ether oxygens (including phenoxy) is 1. The smallest absolute Gasteiger partial charge is 0.130 e. The monoisotopic (exact) mass is 271 g/mol. The van der Waals surface area contributed by atoms with E-state index in [-0.39, 0.29) is 18.0 Å². The molecule has 0 saturated carbocycles. The first kappa shape index (κ1) is 13.1. The minimum atomic E-state index is -0.319. The molecule has 3 rings (SSSR count). The molecule has 2 nitrogen and oxygen atoms in total. The van der Waals surface area contributed by atoms with Crippen molar-refractivity contribution in [1.29, 1.82) is 0 Å². The molecule has 0 bridgehead atoms. The number of fused-ring (bicyclic) bond motifs is 1. The summed E-state index contributed by atoms with van der Waals surface area (Å²) in [5.41, 5.74) is 10.0. The van der Waals surface area contributed by atoms with Crippen molar-refractivity contribution in [3.8, 4) is 5.75 Å². The van der Waals surface area contributed by atoms with Crippen molar-refractivity contribution in [1.82, 2.24) is 0 Å². The van der Waals surface area contributed by atoms with Crippen LogP contribution in [0.15, 0.2) is 36.4 Å². The standard InChI is InChI=1S/C17H18FNO/c1-10-3-5-14(18)12(7-10)17-9-15(19)13-8-11(2)4-6-16(13)20-17/h3-8,15,17H,9,19H2,1-2H3. The lowest BCUT2D eigenvalue weighted by atomic mass is 9.92. The normalized spacial score (nSPS) is 21.2. The first-order chi connectivity index (χ1) is 9.54. The van der Waals surface area contributed by atoms with Gasteiger partial charge in [0, 0.05) is 23.6 Å². The van der Waals surface area contributed by atoms with Crippen LogP contribution < -0.4 is 10.5 Å². The van der Waals surface area contributed by atoms with Crippen LogP contribution >= 0.6 is 0 Å². The quantitative estimate of drug-likeness (QED) is 0.852. The molecule has 104 valence electrons. The Morgan fingerprint density at radius 3 is 2.45 bits per heavy atom. The molecule has 1 heterocycles. The second kappa shape index (κ2) is 4.91. The predicted molar refractivity (Wildman–Crippen MR) is 77.2 cm³/mol. The van der Waals surface area contributed by atoms with Gasteiger partial charge in [-0.05, 0) is 32.0 Å². The van der Waals surface area contributed by atoms with Gasteiger partial charge in [0.2, 0.25) is 0 Å². The van der Waals surface area contributed by atoms with E-state index < -0.39 is 0 Å². The average molecular weight is 271 g/mol. The van der Waals surface area contributed by atoms with Crippen LogP contribution in [0.25, 0.3) is 0 Å². The summed E-state index contributed by atoms with van der Waals surface area (Å²) in [4.78, 5) is 0. The molecule has 0 saturated heterocycles. The van der Waals surface area contributed by atoms with E-state index in [1.165, 1.54) is 6.07 Å². The van der Waals surface area contributed by atoms with E-state index in [0.717, 1.165) is 22.4 Å². The van der Waals surface area contributed by atoms with Gasteiger partial charge in [-0.2, -0.15) is 0 Å². The van der Waals surface area contributed by atoms with Gasteiger partial charge in [0.25, 0.3) is 0 Å². The Labute approximate surface area is 118 Å². The maximum absolute atomic E-state index is 14.0. The number of aryl methyl sites for hydroxylation is 2. The van der Waals surface area contributed by atoms with Crippen molar-refractivity contribution in [3.63, 3.8) is 0 Å². The molecule has 0 fully saturated rings. The molecule has 0 spiro atoms. The van der Waals surface area contributed by atoms with Gasteiger partial charge >= 0.3 is 0 Å². The van der Waals surface area contributed by atoms with Crippen LogP contribution in [0, 0.1) is 19.7 Å². The van der Waals surface area contributed by atoms with Crippen molar-refractivity contribution < 1.29 is 9.13 Å². The number of rotatable bonds is 1. The van der Waals surface area contributed by atoms with Crippen molar-refractivity contribution in [2.45, 2.75) is 32.4 Å². The van der Waals surface area contributed by atoms with Gasteiger partial charge in [-0.3, -0.25) is 0 Å². The van der Waals surface area contributed by atoms with Gasteiger partial charge in [0.05, 0.1) is 0 Å². The van der Waals surface area contributed by atoms with Crippen molar-refractivity contribution in [2.24, 2.45) is 5.73 Å². The summed E-state index contributed by atoms with van der Waals surface area (Å²) in [5, 5.41) is 0. The molecule has 2 N–H and O–H groups in total. The average Bonchev–Trinajstić information content (AvgIpc) is 2.42. The third kappa shape index (κ3) is 2.29. The Kier molecular flexibility index (Phi) is 3.22. The Bertz CT molecular complexity index is 653. The highest BCUT2D eigenvalue weighted by molar-refractivity contribution is 5.42. The van der Waals surface area contributed by atoms with Crippen LogP contribution in [-0.2, 0) is 0 Å². The first-order valence-electron chi connectivity index (χ1n) is 6.83. The molecule has 3 heteroatoms. The van der Waals surface area contributed by atoms with Crippen LogP contribution in [0.4, 0.5) is 4.39 Å². The Morgan fingerprint density at radius 1 is 1.05 bits per heavy atom. The molecular weight excluding hydrogens is 253 g/mol. The fraction of sp³-hybridized carbons (Fsp3) is 0.294. The zero-order chi connectivity index (χ0) is 14.3. The Morgan fingerprint density at radius 2 is 1.70 bits per heavy atom. The topological polar surface area (TPSA) is 35.2 Å². The summed E-state index contributed by atoms with van der Waals surface area (Å²) in [6, 6.07) is 10.9. The zero-order valence-corrected chi connectivity index (χ0v) is 11.7. The summed E-state index contributed by atoms with van der Waals surface area (Å²) in [6.45, 7) is 3.97. The number of hydrogen-bond donors (Lipinski definition) is 1. The van der Waals surface area contributed by atoms with Crippen LogP contribution in [0.3, 0.4) is 0 Å². The highest BCUT2D eigenvalue weighted by Crippen LogP contribution is 2.40. The molecule has 0 aliphatic carbocycles. The largest absolute Gasteiger partial charge is 0.485 e. The molecule has 1 aliphatic rings. The van der Waals surface area contributed by atoms with E-state index in [9.17, 15) is 4.39 Å². The Hall–Kier alpha value is -1.87. The van der Waals surface area contributed by atoms with Crippen LogP contribution in [-0.4, -0.2) is 0 Å². The van der Waals surface area contributed by atoms with E-state index in [0.29, 0.717) is 12.0 Å².